The Morgan fingerprint density at radius 1 is 1.22 bits per heavy atom. The maximum absolute atomic E-state index is 13.6. The predicted octanol–water partition coefficient (Wildman–Crippen LogP) is 2.26. The molecule has 1 unspecified atom stereocenters. The normalized spacial score (nSPS) is 12.4. The lowest BCUT2D eigenvalue weighted by Crippen LogP contribution is -2.21. The average molecular weight is 249 g/mol. The van der Waals surface area contributed by atoms with Crippen molar-refractivity contribution in [2.45, 2.75) is 12.5 Å². The third-order valence-electron chi connectivity index (χ3n) is 2.78. The van der Waals surface area contributed by atoms with Crippen molar-refractivity contribution in [3.8, 4) is 0 Å². The van der Waals surface area contributed by atoms with Crippen LogP contribution in [0.15, 0.2) is 36.8 Å². The molecule has 1 atom stereocenters. The second-order valence-corrected chi connectivity index (χ2v) is 3.88. The van der Waals surface area contributed by atoms with Crippen LogP contribution in [0.5, 0.6) is 0 Å². The molecule has 0 spiro atoms. The van der Waals surface area contributed by atoms with Gasteiger partial charge in [0.1, 0.15) is 18.0 Å². The summed E-state index contributed by atoms with van der Waals surface area (Å²) in [6.07, 6.45) is 3.22. The Morgan fingerprint density at radius 3 is 2.50 bits per heavy atom. The molecule has 5 heteroatoms. The maximum Gasteiger partial charge on any atom is 0.129 e. The minimum atomic E-state index is -0.538. The molecular weight excluding hydrogens is 236 g/mol. The third kappa shape index (κ3) is 2.68. The van der Waals surface area contributed by atoms with Gasteiger partial charge in [-0.2, -0.15) is 0 Å². The number of halogens is 2. The van der Waals surface area contributed by atoms with Crippen molar-refractivity contribution in [1.29, 1.82) is 0 Å². The number of aromatic nitrogens is 2. The van der Waals surface area contributed by atoms with Crippen molar-refractivity contribution in [3.63, 3.8) is 0 Å². The van der Waals surface area contributed by atoms with Crippen LogP contribution in [0.2, 0.25) is 0 Å². The zero-order valence-electron chi connectivity index (χ0n) is 9.90. The van der Waals surface area contributed by atoms with Crippen molar-refractivity contribution in [3.05, 3.63) is 59.7 Å². The van der Waals surface area contributed by atoms with Gasteiger partial charge in [0, 0.05) is 11.8 Å². The van der Waals surface area contributed by atoms with E-state index in [-0.39, 0.29) is 18.0 Å². The molecule has 0 saturated carbocycles. The number of hydrogen-bond acceptors (Lipinski definition) is 3. The van der Waals surface area contributed by atoms with E-state index in [1.165, 1.54) is 24.5 Å². The van der Waals surface area contributed by atoms with Gasteiger partial charge in [-0.1, -0.05) is 6.07 Å². The van der Waals surface area contributed by atoms with Crippen LogP contribution in [0, 0.1) is 11.6 Å². The molecule has 1 aromatic carbocycles. The van der Waals surface area contributed by atoms with Gasteiger partial charge in [0.25, 0.3) is 0 Å². The largest absolute Gasteiger partial charge is 0.311 e. The van der Waals surface area contributed by atoms with E-state index in [4.69, 9.17) is 0 Å². The minimum absolute atomic E-state index is 0.0652. The Labute approximate surface area is 104 Å². The van der Waals surface area contributed by atoms with Crippen LogP contribution in [0.3, 0.4) is 0 Å². The SMILES string of the molecule is CNC(Cc1c(F)cccc1F)c1ccncn1. The van der Waals surface area contributed by atoms with Crippen molar-refractivity contribution in [2.24, 2.45) is 0 Å². The molecule has 0 bridgehead atoms. The summed E-state index contributed by atoms with van der Waals surface area (Å²) in [4.78, 5) is 7.90. The number of nitrogens with zero attached hydrogens (tertiary/aromatic N) is 2. The fourth-order valence-electron chi connectivity index (χ4n) is 1.79. The van der Waals surface area contributed by atoms with Crippen LogP contribution in [0.1, 0.15) is 17.3 Å². The number of rotatable bonds is 4. The van der Waals surface area contributed by atoms with Gasteiger partial charge < -0.3 is 5.32 Å². The average Bonchev–Trinajstić information content (AvgIpc) is 2.40. The Kier molecular flexibility index (Phi) is 3.94. The molecule has 0 radical (unpaired) electrons. The topological polar surface area (TPSA) is 37.8 Å². The van der Waals surface area contributed by atoms with E-state index in [0.717, 1.165) is 0 Å². The fraction of sp³-hybridized carbons (Fsp3) is 0.231. The van der Waals surface area contributed by atoms with E-state index in [1.807, 2.05) is 0 Å². The van der Waals surface area contributed by atoms with Gasteiger partial charge in [0.15, 0.2) is 0 Å². The second-order valence-electron chi connectivity index (χ2n) is 3.88. The second kappa shape index (κ2) is 5.64. The Bertz CT molecular complexity index is 497. The van der Waals surface area contributed by atoms with Crippen molar-refractivity contribution < 1.29 is 8.78 Å². The molecule has 0 amide bonds. The highest BCUT2D eigenvalue weighted by molar-refractivity contribution is 5.22. The highest BCUT2D eigenvalue weighted by Crippen LogP contribution is 2.20. The fourth-order valence-corrected chi connectivity index (χ4v) is 1.79. The smallest absolute Gasteiger partial charge is 0.129 e. The minimum Gasteiger partial charge on any atom is -0.311 e. The van der Waals surface area contributed by atoms with Crippen molar-refractivity contribution in [2.75, 3.05) is 7.05 Å². The molecule has 1 N–H and O–H groups in total. The standard InChI is InChI=1S/C13H13F2N3/c1-16-13(12-5-6-17-8-18-12)7-9-10(14)3-2-4-11(9)15/h2-6,8,13,16H,7H2,1H3. The molecule has 0 aliphatic heterocycles. The van der Waals surface area contributed by atoms with E-state index in [1.54, 1.807) is 19.3 Å². The van der Waals surface area contributed by atoms with E-state index in [2.05, 4.69) is 15.3 Å². The van der Waals surface area contributed by atoms with E-state index >= 15 is 0 Å². The lowest BCUT2D eigenvalue weighted by atomic mass is 10.0. The summed E-state index contributed by atoms with van der Waals surface area (Å²) in [5.41, 5.74) is 0.769. The lowest BCUT2D eigenvalue weighted by Gasteiger charge is -2.16. The van der Waals surface area contributed by atoms with Gasteiger partial charge >= 0.3 is 0 Å². The zero-order valence-corrected chi connectivity index (χ0v) is 9.90. The van der Waals surface area contributed by atoms with Crippen molar-refractivity contribution >= 4 is 0 Å². The van der Waals surface area contributed by atoms with Crippen LogP contribution in [0.4, 0.5) is 8.78 Å². The van der Waals surface area contributed by atoms with Crippen LogP contribution >= 0.6 is 0 Å². The number of benzene rings is 1. The van der Waals surface area contributed by atoms with E-state index in [9.17, 15) is 8.78 Å². The van der Waals surface area contributed by atoms with Gasteiger partial charge in [-0.15, -0.1) is 0 Å². The highest BCUT2D eigenvalue weighted by atomic mass is 19.1. The van der Waals surface area contributed by atoms with E-state index in [0.29, 0.717) is 5.69 Å². The van der Waals surface area contributed by atoms with Crippen LogP contribution in [-0.2, 0) is 6.42 Å². The molecule has 2 rings (SSSR count). The third-order valence-corrected chi connectivity index (χ3v) is 2.78. The quantitative estimate of drug-likeness (QED) is 0.903. The molecule has 0 aliphatic carbocycles. The first-order valence-electron chi connectivity index (χ1n) is 5.58. The van der Waals surface area contributed by atoms with Crippen LogP contribution in [-0.4, -0.2) is 17.0 Å². The first-order valence-corrected chi connectivity index (χ1v) is 5.58. The summed E-state index contributed by atoms with van der Waals surface area (Å²) in [7, 11) is 1.73. The summed E-state index contributed by atoms with van der Waals surface area (Å²) in [5, 5.41) is 3.00. The Balaban J connectivity index is 2.26. The number of nitrogens with one attached hydrogen (secondary N) is 1. The molecule has 2 aromatic rings. The van der Waals surface area contributed by atoms with Gasteiger partial charge in [-0.25, -0.2) is 18.7 Å². The molecule has 18 heavy (non-hydrogen) atoms. The summed E-state index contributed by atoms with van der Waals surface area (Å²) in [6, 6.07) is 5.34. The summed E-state index contributed by atoms with van der Waals surface area (Å²) in [5.74, 6) is -1.08. The predicted molar refractivity (Wildman–Crippen MR) is 63.9 cm³/mol. The lowest BCUT2D eigenvalue weighted by molar-refractivity contribution is 0.509. The Hall–Kier alpha value is -1.88. The first-order chi connectivity index (χ1) is 8.72. The molecule has 1 aromatic heterocycles. The zero-order chi connectivity index (χ0) is 13.0. The number of hydrogen-bond donors (Lipinski definition) is 1. The van der Waals surface area contributed by atoms with Gasteiger partial charge in [-0.05, 0) is 31.7 Å². The monoisotopic (exact) mass is 249 g/mol. The molecule has 94 valence electrons. The summed E-state index contributed by atoms with van der Waals surface area (Å²) in [6.45, 7) is 0. The molecule has 0 fully saturated rings. The molecular formula is C13H13F2N3. The molecule has 0 aliphatic rings. The van der Waals surface area contributed by atoms with Gasteiger partial charge in [-0.3, -0.25) is 0 Å². The van der Waals surface area contributed by atoms with Gasteiger partial charge in [0.05, 0.1) is 11.7 Å². The van der Waals surface area contributed by atoms with Crippen LogP contribution < -0.4 is 5.32 Å². The van der Waals surface area contributed by atoms with E-state index < -0.39 is 11.6 Å². The molecule has 1 heterocycles. The Morgan fingerprint density at radius 2 is 1.94 bits per heavy atom. The summed E-state index contributed by atoms with van der Waals surface area (Å²) < 4.78 is 27.1. The first kappa shape index (κ1) is 12.6. The molecule has 0 saturated heterocycles. The van der Waals surface area contributed by atoms with Gasteiger partial charge in [0.2, 0.25) is 0 Å². The maximum atomic E-state index is 13.6. The highest BCUT2D eigenvalue weighted by Gasteiger charge is 2.16. The van der Waals surface area contributed by atoms with Crippen LogP contribution in [0.25, 0.3) is 0 Å². The summed E-state index contributed by atoms with van der Waals surface area (Å²) >= 11 is 0. The number of likely N-dealkylation sites (N-methyl/N-ethyl adjacent to an activating group) is 1. The molecule has 3 nitrogen and oxygen atoms in total. The van der Waals surface area contributed by atoms with Crippen molar-refractivity contribution in [1.82, 2.24) is 15.3 Å².